The van der Waals surface area contributed by atoms with Crippen LogP contribution in [0.15, 0.2) is 11.6 Å². The van der Waals surface area contributed by atoms with Gasteiger partial charge in [-0.25, -0.2) is 0 Å². The predicted molar refractivity (Wildman–Crippen MR) is 103 cm³/mol. The summed E-state index contributed by atoms with van der Waals surface area (Å²) in [5, 5.41) is 10.1. The Morgan fingerprint density at radius 2 is 1.78 bits per heavy atom. The lowest BCUT2D eigenvalue weighted by molar-refractivity contribution is -0.186. The molecular formula is C23H34O4. The largest absolute Gasteiger partial charge is 0.451 e. The number of aliphatic hydroxyl groups is 1. The van der Waals surface area contributed by atoms with Crippen LogP contribution < -0.4 is 0 Å². The number of allylic oxidation sites excluding steroid dienone is 1. The lowest BCUT2D eigenvalue weighted by Crippen LogP contribution is -2.58. The fourth-order valence-electron chi connectivity index (χ4n) is 7.70. The Bertz CT molecular complexity index is 696. The topological polar surface area (TPSA) is 63.6 Å². The molecule has 0 aromatic rings. The number of esters is 1. The smallest absolute Gasteiger partial charge is 0.303 e. The fraction of sp³-hybridized carbons (Fsp3) is 0.826. The summed E-state index contributed by atoms with van der Waals surface area (Å²) in [7, 11) is 0. The summed E-state index contributed by atoms with van der Waals surface area (Å²) in [6, 6.07) is 0. The first-order valence-corrected chi connectivity index (χ1v) is 10.7. The molecule has 0 heterocycles. The Hall–Kier alpha value is -1.16. The molecule has 3 saturated carbocycles. The third-order valence-corrected chi connectivity index (χ3v) is 9.08. The van der Waals surface area contributed by atoms with Gasteiger partial charge in [0.1, 0.15) is 0 Å². The molecule has 0 radical (unpaired) electrons. The minimum atomic E-state index is -0.942. The van der Waals surface area contributed by atoms with Crippen LogP contribution in [0.5, 0.6) is 0 Å². The highest BCUT2D eigenvalue weighted by Gasteiger charge is 2.67. The Morgan fingerprint density at radius 1 is 1.07 bits per heavy atom. The van der Waals surface area contributed by atoms with Crippen LogP contribution in [0.2, 0.25) is 0 Å². The molecule has 0 aliphatic heterocycles. The van der Waals surface area contributed by atoms with Crippen molar-refractivity contribution in [2.75, 3.05) is 0 Å². The van der Waals surface area contributed by atoms with Gasteiger partial charge in [0.15, 0.2) is 11.4 Å². The van der Waals surface area contributed by atoms with Crippen LogP contribution in [0.25, 0.3) is 0 Å². The monoisotopic (exact) mass is 374 g/mol. The Kier molecular flexibility index (Phi) is 4.38. The van der Waals surface area contributed by atoms with E-state index in [4.69, 9.17) is 4.74 Å². The van der Waals surface area contributed by atoms with Crippen molar-refractivity contribution in [2.24, 2.45) is 28.6 Å². The van der Waals surface area contributed by atoms with E-state index in [-0.39, 0.29) is 28.7 Å². The van der Waals surface area contributed by atoms with Gasteiger partial charge < -0.3 is 9.84 Å². The number of fused-ring (bicyclic) bond motifs is 5. The highest BCUT2D eigenvalue weighted by Crippen LogP contribution is 2.68. The average molecular weight is 375 g/mol. The van der Waals surface area contributed by atoms with E-state index in [0.29, 0.717) is 24.2 Å². The van der Waals surface area contributed by atoms with Crippen molar-refractivity contribution >= 4 is 11.8 Å². The molecule has 4 rings (SSSR count). The first-order valence-electron chi connectivity index (χ1n) is 10.7. The molecule has 0 aromatic heterocycles. The molecule has 0 aromatic carbocycles. The molecule has 150 valence electrons. The molecule has 1 unspecified atom stereocenters. The van der Waals surface area contributed by atoms with Gasteiger partial charge in [-0.2, -0.15) is 0 Å². The third kappa shape index (κ3) is 2.51. The SMILES string of the molecule is CC(=O)O[C@@]1(C(C)=O)CC[C@H]2[C@@H]3CC=C4CC(O)CC[C@]4(C)[C@H]3CC[C@@]21C. The van der Waals surface area contributed by atoms with E-state index in [1.54, 1.807) is 6.92 Å². The molecule has 7 atom stereocenters. The third-order valence-electron chi connectivity index (χ3n) is 9.08. The normalized spacial score (nSPS) is 48.7. The Morgan fingerprint density at radius 3 is 2.44 bits per heavy atom. The van der Waals surface area contributed by atoms with Crippen LogP contribution in [-0.2, 0) is 14.3 Å². The molecular weight excluding hydrogens is 340 g/mol. The van der Waals surface area contributed by atoms with Crippen molar-refractivity contribution in [2.45, 2.75) is 90.8 Å². The molecule has 0 bridgehead atoms. The van der Waals surface area contributed by atoms with Crippen molar-refractivity contribution in [3.8, 4) is 0 Å². The summed E-state index contributed by atoms with van der Waals surface area (Å²) >= 11 is 0. The van der Waals surface area contributed by atoms with Gasteiger partial charge in [-0.15, -0.1) is 0 Å². The van der Waals surface area contributed by atoms with Crippen molar-refractivity contribution < 1.29 is 19.4 Å². The minimum Gasteiger partial charge on any atom is -0.451 e. The number of ether oxygens (including phenoxy) is 1. The number of rotatable bonds is 2. The molecule has 1 N–H and O–H groups in total. The Balaban J connectivity index is 1.70. The molecule has 3 fully saturated rings. The number of ketones is 1. The average Bonchev–Trinajstić information content (AvgIpc) is 2.89. The maximum Gasteiger partial charge on any atom is 0.303 e. The number of hydrogen-bond acceptors (Lipinski definition) is 4. The first kappa shape index (κ1) is 19.2. The summed E-state index contributed by atoms with van der Waals surface area (Å²) in [4.78, 5) is 24.6. The van der Waals surface area contributed by atoms with Gasteiger partial charge in [0, 0.05) is 12.3 Å². The summed E-state index contributed by atoms with van der Waals surface area (Å²) in [6.07, 6.45) is 9.68. The van der Waals surface area contributed by atoms with E-state index < -0.39 is 5.60 Å². The van der Waals surface area contributed by atoms with Crippen molar-refractivity contribution in [1.29, 1.82) is 0 Å². The summed E-state index contributed by atoms with van der Waals surface area (Å²) < 4.78 is 5.82. The van der Waals surface area contributed by atoms with Crippen molar-refractivity contribution in [1.82, 2.24) is 0 Å². The van der Waals surface area contributed by atoms with Gasteiger partial charge in [-0.3, -0.25) is 9.59 Å². The maximum atomic E-state index is 12.7. The van der Waals surface area contributed by atoms with E-state index in [2.05, 4.69) is 19.9 Å². The zero-order valence-electron chi connectivity index (χ0n) is 17.2. The first-order chi connectivity index (χ1) is 12.6. The summed E-state index contributed by atoms with van der Waals surface area (Å²) in [6.45, 7) is 7.64. The summed E-state index contributed by atoms with van der Waals surface area (Å²) in [5.41, 5.74) is 0.442. The predicted octanol–water partition coefficient (Wildman–Crippen LogP) is 4.20. The lowest BCUT2D eigenvalue weighted by Gasteiger charge is -2.59. The number of aliphatic hydroxyl groups excluding tert-OH is 1. The zero-order chi connectivity index (χ0) is 19.6. The summed E-state index contributed by atoms with van der Waals surface area (Å²) in [5.74, 6) is 1.25. The molecule has 4 heteroatoms. The van der Waals surface area contributed by atoms with E-state index in [9.17, 15) is 14.7 Å². The highest BCUT2D eigenvalue weighted by atomic mass is 16.6. The molecule has 4 nitrogen and oxygen atoms in total. The zero-order valence-corrected chi connectivity index (χ0v) is 17.2. The van der Waals surface area contributed by atoms with Gasteiger partial charge in [0.2, 0.25) is 0 Å². The second kappa shape index (κ2) is 6.17. The maximum absolute atomic E-state index is 12.7. The van der Waals surface area contributed by atoms with Gasteiger partial charge in [0.25, 0.3) is 0 Å². The molecule has 4 aliphatic rings. The molecule has 0 amide bonds. The fourth-order valence-corrected chi connectivity index (χ4v) is 7.70. The van der Waals surface area contributed by atoms with E-state index >= 15 is 0 Å². The highest BCUT2D eigenvalue weighted by molar-refractivity contribution is 5.89. The standard InChI is InChI=1S/C23H34O4/c1-14(24)23(27-15(2)25)12-9-20-18-6-5-16-13-17(26)7-10-21(16,3)19(18)8-11-22(20,23)4/h5,17-20,26H,6-13H2,1-4H3/t17?,18-,19+,20+,21+,22+,23-/m1/s1. The number of hydrogen-bond donors (Lipinski definition) is 1. The second-order valence-corrected chi connectivity index (χ2v) is 10.1. The van der Waals surface area contributed by atoms with Crippen LogP contribution in [0, 0.1) is 28.6 Å². The quantitative estimate of drug-likeness (QED) is 0.581. The number of carbonyl (C=O) groups excluding carboxylic acids is 2. The molecule has 0 saturated heterocycles. The van der Waals surface area contributed by atoms with Gasteiger partial charge in [0.05, 0.1) is 6.10 Å². The van der Waals surface area contributed by atoms with E-state index in [1.165, 1.54) is 12.5 Å². The van der Waals surface area contributed by atoms with Gasteiger partial charge >= 0.3 is 5.97 Å². The van der Waals surface area contributed by atoms with Crippen LogP contribution in [0.3, 0.4) is 0 Å². The Labute approximate surface area is 162 Å². The lowest BCUT2D eigenvalue weighted by atomic mass is 9.46. The minimum absolute atomic E-state index is 0.0141. The van der Waals surface area contributed by atoms with Gasteiger partial charge in [-0.1, -0.05) is 25.5 Å². The second-order valence-electron chi connectivity index (χ2n) is 10.1. The van der Waals surface area contributed by atoms with Crippen LogP contribution in [0.1, 0.15) is 79.1 Å². The molecule has 4 aliphatic carbocycles. The van der Waals surface area contributed by atoms with Crippen LogP contribution in [-0.4, -0.2) is 28.6 Å². The van der Waals surface area contributed by atoms with Crippen molar-refractivity contribution in [3.05, 3.63) is 11.6 Å². The number of carbonyl (C=O) groups is 2. The molecule has 27 heavy (non-hydrogen) atoms. The van der Waals surface area contributed by atoms with E-state index in [1.807, 2.05) is 0 Å². The van der Waals surface area contributed by atoms with E-state index in [0.717, 1.165) is 44.9 Å². The number of Topliss-reactive ketones (excluding diaryl/α,β-unsaturated/α-hetero) is 1. The van der Waals surface area contributed by atoms with Gasteiger partial charge in [-0.05, 0) is 81.5 Å². The molecule has 0 spiro atoms. The van der Waals surface area contributed by atoms with Crippen LogP contribution in [0.4, 0.5) is 0 Å². The van der Waals surface area contributed by atoms with Crippen molar-refractivity contribution in [3.63, 3.8) is 0 Å². The van der Waals surface area contributed by atoms with Crippen LogP contribution >= 0.6 is 0 Å².